The van der Waals surface area contributed by atoms with Crippen molar-refractivity contribution in [2.45, 2.75) is 82.5 Å². The minimum Gasteiger partial charge on any atom is -0.481 e. The van der Waals surface area contributed by atoms with Crippen LogP contribution in [0.5, 0.6) is 0 Å². The molecule has 1 heterocycles. The van der Waals surface area contributed by atoms with Crippen molar-refractivity contribution in [2.24, 2.45) is 46.3 Å². The van der Waals surface area contributed by atoms with Crippen LogP contribution in [0.15, 0.2) is 0 Å². The van der Waals surface area contributed by atoms with E-state index >= 15 is 0 Å². The highest BCUT2D eigenvalue weighted by Crippen LogP contribution is 2.66. The molecule has 1 aliphatic heterocycles. The molecule has 3 unspecified atom stereocenters. The number of hydrogen-bond acceptors (Lipinski definition) is 5. The summed E-state index contributed by atoms with van der Waals surface area (Å²) in [5.41, 5.74) is -0.806. The second kappa shape index (κ2) is 6.25. The maximum absolute atomic E-state index is 13.2. The lowest BCUT2D eigenvalue weighted by atomic mass is 9.47. The van der Waals surface area contributed by atoms with E-state index < -0.39 is 17.2 Å². The Bertz CT molecular complexity index is 768. The summed E-state index contributed by atoms with van der Waals surface area (Å²) in [6.45, 7) is 0.723. The predicted octanol–water partition coefficient (Wildman–Crippen LogP) is 3.77. The molecule has 8 saturated carbocycles. The fraction of sp³-hybridized carbons (Fsp3) is 0.920. The Morgan fingerprint density at radius 2 is 1.35 bits per heavy atom. The van der Waals surface area contributed by atoms with Gasteiger partial charge in [0, 0.05) is 11.8 Å². The van der Waals surface area contributed by atoms with Gasteiger partial charge in [-0.2, -0.15) is 0 Å². The number of rotatable bonds is 4. The van der Waals surface area contributed by atoms with Crippen molar-refractivity contribution in [1.82, 2.24) is 0 Å². The number of carbonyl (C=O) groups excluding carboxylic acids is 1. The predicted molar refractivity (Wildman–Crippen MR) is 109 cm³/mol. The van der Waals surface area contributed by atoms with Gasteiger partial charge < -0.3 is 19.3 Å². The van der Waals surface area contributed by atoms with Crippen LogP contribution in [0.25, 0.3) is 0 Å². The molecule has 6 nitrogen and oxygen atoms in total. The number of carbonyl (C=O) groups is 2. The molecule has 1 saturated heterocycles. The molecule has 9 rings (SSSR count). The highest BCUT2D eigenvalue weighted by molar-refractivity contribution is 5.77. The van der Waals surface area contributed by atoms with Crippen LogP contribution in [0.3, 0.4) is 0 Å². The number of carboxylic acid groups (broad SMARTS) is 1. The molecule has 31 heavy (non-hydrogen) atoms. The first-order valence-electron chi connectivity index (χ1n) is 12.6. The minimum atomic E-state index is -0.645. The van der Waals surface area contributed by atoms with Gasteiger partial charge in [-0.25, -0.2) is 0 Å². The van der Waals surface area contributed by atoms with E-state index in [1.54, 1.807) is 0 Å². The lowest BCUT2D eigenvalue weighted by Gasteiger charge is -2.61. The van der Waals surface area contributed by atoms with Gasteiger partial charge in [-0.15, -0.1) is 0 Å². The molecule has 3 atom stereocenters. The summed E-state index contributed by atoms with van der Waals surface area (Å²) in [6.07, 6.45) is 10.9. The Hall–Kier alpha value is -1.14. The molecule has 1 spiro atoms. The van der Waals surface area contributed by atoms with Gasteiger partial charge >= 0.3 is 11.9 Å². The molecule has 170 valence electrons. The van der Waals surface area contributed by atoms with Gasteiger partial charge in [0.25, 0.3) is 0 Å². The van der Waals surface area contributed by atoms with Crippen LogP contribution in [-0.4, -0.2) is 42.1 Å². The third-order valence-electron chi connectivity index (χ3n) is 10.5. The van der Waals surface area contributed by atoms with Crippen LogP contribution in [-0.2, 0) is 23.8 Å². The Morgan fingerprint density at radius 3 is 1.94 bits per heavy atom. The molecule has 8 aliphatic carbocycles. The van der Waals surface area contributed by atoms with Crippen LogP contribution in [0.1, 0.15) is 70.6 Å². The summed E-state index contributed by atoms with van der Waals surface area (Å²) >= 11 is 0. The lowest BCUT2D eigenvalue weighted by Crippen LogP contribution is -2.63. The van der Waals surface area contributed by atoms with Crippen LogP contribution in [0, 0.1) is 46.3 Å². The topological polar surface area (TPSA) is 82.1 Å². The summed E-state index contributed by atoms with van der Waals surface area (Å²) in [5.74, 6) is 1.69. The summed E-state index contributed by atoms with van der Waals surface area (Å²) in [5, 5.41) is 9.88. The maximum atomic E-state index is 13.2. The molecule has 0 radical (unpaired) electrons. The monoisotopic (exact) mass is 430 g/mol. The summed E-state index contributed by atoms with van der Waals surface area (Å²) in [4.78, 5) is 25.2. The highest BCUT2D eigenvalue weighted by atomic mass is 16.8. The zero-order chi connectivity index (χ0) is 21.0. The molecule has 6 heteroatoms. The average Bonchev–Trinajstić information content (AvgIpc) is 3.14. The third-order valence-corrected chi connectivity index (χ3v) is 10.5. The van der Waals surface area contributed by atoms with Gasteiger partial charge in [0.15, 0.2) is 5.79 Å². The minimum absolute atomic E-state index is 0.00561. The molecule has 8 bridgehead atoms. The standard InChI is InChI=1S/C25H34O6/c26-21(27)23-6-17-4-18(10-23)25(19(5-17)11-23)30-13-20(31-25)12-29-22(28)24-7-14-1-15(8-24)3-16(2-14)9-24/h14-20H,1-13H2,(H,26,27). The van der Waals surface area contributed by atoms with Crippen LogP contribution >= 0.6 is 0 Å². The quantitative estimate of drug-likeness (QED) is 0.684. The number of aliphatic carboxylic acids is 1. The number of ether oxygens (including phenoxy) is 3. The first-order valence-corrected chi connectivity index (χ1v) is 12.6. The van der Waals surface area contributed by atoms with Crippen molar-refractivity contribution in [3.05, 3.63) is 0 Å². The van der Waals surface area contributed by atoms with Crippen LogP contribution in [0.4, 0.5) is 0 Å². The van der Waals surface area contributed by atoms with E-state index in [1.165, 1.54) is 19.3 Å². The zero-order valence-corrected chi connectivity index (χ0v) is 18.2. The summed E-state index contributed by atoms with van der Waals surface area (Å²) in [7, 11) is 0. The smallest absolute Gasteiger partial charge is 0.312 e. The van der Waals surface area contributed by atoms with Crippen molar-refractivity contribution in [3.63, 3.8) is 0 Å². The van der Waals surface area contributed by atoms with E-state index in [0.29, 0.717) is 25.4 Å². The van der Waals surface area contributed by atoms with Crippen LogP contribution in [0.2, 0.25) is 0 Å². The average molecular weight is 431 g/mol. The Balaban J connectivity index is 1.02. The van der Waals surface area contributed by atoms with E-state index in [0.717, 1.165) is 56.3 Å². The first-order chi connectivity index (χ1) is 14.9. The normalized spacial score (nSPS) is 55.8. The zero-order valence-electron chi connectivity index (χ0n) is 18.2. The first kappa shape index (κ1) is 19.3. The second-order valence-corrected chi connectivity index (χ2v) is 12.5. The van der Waals surface area contributed by atoms with Crippen LogP contribution < -0.4 is 0 Å². The molecular weight excluding hydrogens is 396 g/mol. The van der Waals surface area contributed by atoms with Crippen molar-refractivity contribution < 1.29 is 28.9 Å². The number of carboxylic acids is 1. The molecule has 9 fully saturated rings. The molecule has 1 N–H and O–H groups in total. The summed E-state index contributed by atoms with van der Waals surface area (Å²) < 4.78 is 18.8. The molecule has 0 aromatic heterocycles. The molecule has 0 amide bonds. The Labute approximate surface area is 183 Å². The third kappa shape index (κ3) is 2.64. The summed E-state index contributed by atoms with van der Waals surface area (Å²) in [6, 6.07) is 0. The van der Waals surface area contributed by atoms with Gasteiger partial charge in [-0.1, -0.05) is 0 Å². The second-order valence-electron chi connectivity index (χ2n) is 12.5. The SMILES string of the molecule is O=C(O)C12CC3CC(C1)C1(OCC(COC(=O)C45CC6CC(CC(C6)C4)C5)O1)C(C3)C2. The van der Waals surface area contributed by atoms with E-state index in [2.05, 4.69) is 0 Å². The van der Waals surface area contributed by atoms with E-state index in [-0.39, 0.29) is 35.9 Å². The number of esters is 1. The van der Waals surface area contributed by atoms with E-state index in [4.69, 9.17) is 14.2 Å². The fourth-order valence-electron chi connectivity index (χ4n) is 9.93. The molecule has 0 aromatic carbocycles. The Kier molecular flexibility index (Phi) is 3.90. The van der Waals surface area contributed by atoms with E-state index in [1.807, 2.05) is 0 Å². The van der Waals surface area contributed by atoms with Crippen molar-refractivity contribution in [3.8, 4) is 0 Å². The van der Waals surface area contributed by atoms with Crippen molar-refractivity contribution in [2.75, 3.05) is 13.2 Å². The van der Waals surface area contributed by atoms with E-state index in [9.17, 15) is 14.7 Å². The molecule has 0 aromatic rings. The largest absolute Gasteiger partial charge is 0.481 e. The maximum Gasteiger partial charge on any atom is 0.312 e. The van der Waals surface area contributed by atoms with Gasteiger partial charge in [0.05, 0.1) is 17.4 Å². The fourth-order valence-corrected chi connectivity index (χ4v) is 9.93. The van der Waals surface area contributed by atoms with Gasteiger partial charge in [-0.05, 0) is 94.3 Å². The lowest BCUT2D eigenvalue weighted by molar-refractivity contribution is -0.307. The molecular formula is C25H34O6. The van der Waals surface area contributed by atoms with Crippen molar-refractivity contribution >= 4 is 11.9 Å². The van der Waals surface area contributed by atoms with Crippen molar-refractivity contribution in [1.29, 1.82) is 0 Å². The van der Waals surface area contributed by atoms with Gasteiger partial charge in [-0.3, -0.25) is 9.59 Å². The van der Waals surface area contributed by atoms with Gasteiger partial charge in [0.1, 0.15) is 12.7 Å². The number of hydrogen-bond donors (Lipinski definition) is 1. The Morgan fingerprint density at radius 1 is 0.806 bits per heavy atom. The highest BCUT2D eigenvalue weighted by Gasteiger charge is 2.68. The van der Waals surface area contributed by atoms with Gasteiger partial charge in [0.2, 0.25) is 0 Å². The molecule has 9 aliphatic rings.